The highest BCUT2D eigenvalue weighted by molar-refractivity contribution is 8.01. The van der Waals surface area contributed by atoms with Gasteiger partial charge in [-0.15, -0.1) is 23.7 Å². The molecule has 4 aromatic rings. The number of nitrogens with one attached hydrogen (secondary N) is 2. The van der Waals surface area contributed by atoms with E-state index in [0.717, 1.165) is 31.4 Å². The Morgan fingerprint density at radius 2 is 1.70 bits per heavy atom. The molecule has 0 spiro atoms. The number of halogens is 1. The lowest BCUT2D eigenvalue weighted by molar-refractivity contribution is -0.117. The average molecular weight is 499 g/mol. The number of anilines is 2. The summed E-state index contributed by atoms with van der Waals surface area (Å²) in [6.07, 6.45) is 0. The molecule has 2 amide bonds. The average Bonchev–Trinajstić information content (AvgIpc) is 3.21. The van der Waals surface area contributed by atoms with Crippen LogP contribution >= 0.6 is 35.5 Å². The lowest BCUT2D eigenvalue weighted by atomic mass is 10.1. The lowest BCUT2D eigenvalue weighted by Crippen LogP contribution is -2.27. The predicted molar refractivity (Wildman–Crippen MR) is 139 cm³/mol. The smallest absolute Gasteiger partial charge is 0.245 e. The van der Waals surface area contributed by atoms with Crippen molar-refractivity contribution in [3.05, 3.63) is 83.9 Å². The highest BCUT2D eigenvalue weighted by Gasteiger charge is 2.16. The summed E-state index contributed by atoms with van der Waals surface area (Å²) in [5, 5.41) is 5.75. The number of thioether (sulfide) groups is 1. The van der Waals surface area contributed by atoms with Crippen molar-refractivity contribution in [3.63, 3.8) is 0 Å². The first-order valence-electron chi connectivity index (χ1n) is 9.99. The van der Waals surface area contributed by atoms with E-state index in [0.29, 0.717) is 5.69 Å². The van der Waals surface area contributed by atoms with Gasteiger partial charge in [-0.25, -0.2) is 4.98 Å². The topological polar surface area (TPSA) is 97.1 Å². The third kappa shape index (κ3) is 6.55. The molecular formula is C24H23ClN4O2S2. The van der Waals surface area contributed by atoms with Crippen LogP contribution in [0.15, 0.2) is 77.1 Å². The number of thiazole rings is 1. The number of carbonyl (C=O) groups is 2. The molecular weight excluding hydrogens is 476 g/mol. The summed E-state index contributed by atoms with van der Waals surface area (Å²) < 4.78 is 1.72. The summed E-state index contributed by atoms with van der Waals surface area (Å²) in [5.41, 5.74) is 10.2. The fraction of sp³-hybridized carbons (Fsp3) is 0.125. The zero-order valence-corrected chi connectivity index (χ0v) is 20.2. The van der Waals surface area contributed by atoms with Crippen LogP contribution in [0.2, 0.25) is 0 Å². The van der Waals surface area contributed by atoms with Crippen molar-refractivity contribution in [3.8, 4) is 0 Å². The van der Waals surface area contributed by atoms with Crippen molar-refractivity contribution in [1.82, 2.24) is 4.98 Å². The number of nitrogens with two attached hydrogens (primary N) is 1. The van der Waals surface area contributed by atoms with E-state index in [9.17, 15) is 9.59 Å². The summed E-state index contributed by atoms with van der Waals surface area (Å²) in [6, 6.07) is 21.7. The number of benzene rings is 3. The zero-order valence-electron chi connectivity index (χ0n) is 17.8. The number of rotatable bonds is 7. The Morgan fingerprint density at radius 3 is 2.42 bits per heavy atom. The number of aryl methyl sites for hydroxylation is 1. The first kappa shape index (κ1) is 24.7. The molecule has 6 nitrogen and oxygen atoms in total. The largest absolute Gasteiger partial charge is 0.325 e. The molecule has 33 heavy (non-hydrogen) atoms. The molecule has 1 atom stereocenters. The molecule has 4 rings (SSSR count). The Bertz CT molecular complexity index is 1250. The molecule has 0 fully saturated rings. The molecule has 9 heteroatoms. The van der Waals surface area contributed by atoms with Crippen LogP contribution in [0.3, 0.4) is 0 Å². The van der Waals surface area contributed by atoms with E-state index >= 15 is 0 Å². The summed E-state index contributed by atoms with van der Waals surface area (Å²) in [4.78, 5) is 29.3. The quantitative estimate of drug-likeness (QED) is 0.296. The van der Waals surface area contributed by atoms with E-state index in [1.54, 1.807) is 6.07 Å². The van der Waals surface area contributed by atoms with Crippen molar-refractivity contribution >= 4 is 68.9 Å². The predicted octanol–water partition coefficient (Wildman–Crippen LogP) is 5.40. The number of hydrogen-bond donors (Lipinski definition) is 3. The van der Waals surface area contributed by atoms with Gasteiger partial charge in [0.2, 0.25) is 11.8 Å². The standard InChI is InChI=1S/C24H22N4O2S2.ClH/c1-15-7-9-17(10-8-15)26-21(29)14-31-24-28-19-12-11-18(13-20(19)32-24)27-23(30)22(25)16-5-3-2-4-6-16;/h2-13,22H,14,25H2,1H3,(H,26,29)(H,27,30);1H/t22-;/m1./s1. The number of aromatic nitrogens is 1. The SMILES string of the molecule is Cc1ccc(NC(=O)CSc2nc3ccc(NC(=O)[C@H](N)c4ccccc4)cc3s2)cc1.Cl. The third-order valence-electron chi connectivity index (χ3n) is 4.74. The first-order chi connectivity index (χ1) is 15.5. The summed E-state index contributed by atoms with van der Waals surface area (Å²) in [5.74, 6) is -0.0909. The van der Waals surface area contributed by atoms with Gasteiger partial charge in [-0.3, -0.25) is 9.59 Å². The molecule has 1 aromatic heterocycles. The molecule has 0 aliphatic carbocycles. The van der Waals surface area contributed by atoms with Gasteiger partial charge in [0, 0.05) is 11.4 Å². The van der Waals surface area contributed by atoms with Crippen LogP contribution in [-0.2, 0) is 9.59 Å². The van der Waals surface area contributed by atoms with Gasteiger partial charge >= 0.3 is 0 Å². The van der Waals surface area contributed by atoms with E-state index in [4.69, 9.17) is 5.73 Å². The van der Waals surface area contributed by atoms with Crippen molar-refractivity contribution in [2.45, 2.75) is 17.3 Å². The highest BCUT2D eigenvalue weighted by atomic mass is 35.5. The molecule has 0 saturated heterocycles. The van der Waals surface area contributed by atoms with E-state index in [1.807, 2.05) is 73.7 Å². The summed E-state index contributed by atoms with van der Waals surface area (Å²) in [6.45, 7) is 2.00. The normalized spacial score (nSPS) is 11.5. The Hall–Kier alpha value is -2.91. The van der Waals surface area contributed by atoms with Crippen molar-refractivity contribution in [2.75, 3.05) is 16.4 Å². The van der Waals surface area contributed by atoms with Crippen LogP contribution in [0, 0.1) is 6.92 Å². The minimum Gasteiger partial charge on any atom is -0.325 e. The third-order valence-corrected chi connectivity index (χ3v) is 6.90. The van der Waals surface area contributed by atoms with Crippen molar-refractivity contribution < 1.29 is 9.59 Å². The number of nitrogens with zero attached hydrogens (tertiary/aromatic N) is 1. The van der Waals surface area contributed by atoms with Gasteiger partial charge in [0.1, 0.15) is 6.04 Å². The molecule has 0 aliphatic rings. The van der Waals surface area contributed by atoms with E-state index < -0.39 is 6.04 Å². The molecule has 0 unspecified atom stereocenters. The lowest BCUT2D eigenvalue weighted by Gasteiger charge is -2.12. The maximum Gasteiger partial charge on any atom is 0.245 e. The van der Waals surface area contributed by atoms with Crippen molar-refractivity contribution in [1.29, 1.82) is 0 Å². The number of fused-ring (bicyclic) bond motifs is 1. The minimum atomic E-state index is -0.744. The van der Waals surface area contributed by atoms with Gasteiger partial charge in [0.25, 0.3) is 0 Å². The molecule has 0 radical (unpaired) electrons. The number of hydrogen-bond acceptors (Lipinski definition) is 6. The Kier molecular flexibility index (Phi) is 8.46. The summed E-state index contributed by atoms with van der Waals surface area (Å²) >= 11 is 2.87. The van der Waals surface area contributed by atoms with Gasteiger partial charge in [0.15, 0.2) is 4.34 Å². The Morgan fingerprint density at radius 1 is 1.00 bits per heavy atom. The molecule has 3 aromatic carbocycles. The second-order valence-corrected chi connectivity index (χ2v) is 9.50. The Balaban J connectivity index is 0.00000306. The zero-order chi connectivity index (χ0) is 22.5. The van der Waals surface area contributed by atoms with Crippen LogP contribution in [0.4, 0.5) is 11.4 Å². The monoisotopic (exact) mass is 498 g/mol. The van der Waals surface area contributed by atoms with E-state index in [-0.39, 0.29) is 30.0 Å². The van der Waals surface area contributed by atoms with Gasteiger partial charge in [-0.2, -0.15) is 0 Å². The minimum absolute atomic E-state index is 0. The van der Waals surface area contributed by atoms with Crippen LogP contribution in [-0.4, -0.2) is 22.6 Å². The van der Waals surface area contributed by atoms with Gasteiger partial charge in [-0.05, 0) is 42.8 Å². The maximum absolute atomic E-state index is 12.5. The van der Waals surface area contributed by atoms with Crippen LogP contribution in [0.25, 0.3) is 10.2 Å². The molecule has 0 aliphatic heterocycles. The molecule has 170 valence electrons. The maximum atomic E-state index is 12.5. The summed E-state index contributed by atoms with van der Waals surface area (Å²) in [7, 11) is 0. The van der Waals surface area contributed by atoms with E-state index in [1.165, 1.54) is 23.1 Å². The van der Waals surface area contributed by atoms with Crippen LogP contribution < -0.4 is 16.4 Å². The van der Waals surface area contributed by atoms with Crippen molar-refractivity contribution in [2.24, 2.45) is 5.73 Å². The molecule has 0 saturated carbocycles. The van der Waals surface area contributed by atoms with Crippen LogP contribution in [0.5, 0.6) is 0 Å². The second-order valence-electron chi connectivity index (χ2n) is 7.24. The number of carbonyl (C=O) groups excluding carboxylic acids is 2. The number of amides is 2. The Labute approximate surface area is 206 Å². The fourth-order valence-electron chi connectivity index (χ4n) is 3.04. The first-order valence-corrected chi connectivity index (χ1v) is 11.8. The van der Waals surface area contributed by atoms with Gasteiger partial charge < -0.3 is 16.4 Å². The fourth-order valence-corrected chi connectivity index (χ4v) is 4.94. The molecule has 0 bridgehead atoms. The highest BCUT2D eigenvalue weighted by Crippen LogP contribution is 2.31. The van der Waals surface area contributed by atoms with Gasteiger partial charge in [0.05, 0.1) is 16.0 Å². The molecule has 4 N–H and O–H groups in total. The van der Waals surface area contributed by atoms with Crippen LogP contribution in [0.1, 0.15) is 17.2 Å². The van der Waals surface area contributed by atoms with Gasteiger partial charge in [-0.1, -0.05) is 59.8 Å². The molecule has 1 heterocycles. The second kappa shape index (κ2) is 11.3. The van der Waals surface area contributed by atoms with E-state index in [2.05, 4.69) is 15.6 Å².